The highest BCUT2D eigenvalue weighted by atomic mass is 19.1. The van der Waals surface area contributed by atoms with Crippen LogP contribution in [0.4, 0.5) is 13.6 Å². The van der Waals surface area contributed by atoms with Crippen LogP contribution in [0.3, 0.4) is 0 Å². The Morgan fingerprint density at radius 3 is 2.32 bits per heavy atom. The van der Waals surface area contributed by atoms with Crippen molar-refractivity contribution < 1.29 is 23.1 Å². The molecule has 4 nitrogen and oxygen atoms in total. The lowest BCUT2D eigenvalue weighted by Gasteiger charge is -2.30. The fraction of sp³-hybridized carbons (Fsp3) is 0.263. The van der Waals surface area contributed by atoms with Crippen molar-refractivity contribution >= 4 is 11.9 Å². The van der Waals surface area contributed by atoms with Gasteiger partial charge in [-0.1, -0.05) is 18.2 Å². The maximum Gasteiger partial charge on any atom is 0.415 e. The summed E-state index contributed by atoms with van der Waals surface area (Å²) in [6.45, 7) is 0.704. The number of rotatable bonds is 3. The van der Waals surface area contributed by atoms with Gasteiger partial charge in [0.25, 0.3) is 0 Å². The van der Waals surface area contributed by atoms with Crippen LogP contribution in [0.2, 0.25) is 0 Å². The molecule has 0 unspecified atom stereocenters. The van der Waals surface area contributed by atoms with Crippen LogP contribution in [-0.2, 0) is 0 Å². The Hall–Kier alpha value is -2.76. The van der Waals surface area contributed by atoms with Crippen molar-refractivity contribution in [2.75, 3.05) is 13.1 Å². The molecule has 25 heavy (non-hydrogen) atoms. The predicted octanol–water partition coefficient (Wildman–Crippen LogP) is 4.06. The summed E-state index contributed by atoms with van der Waals surface area (Å²) in [6.07, 6.45) is 0.365. The number of nitrogens with zero attached hydrogens (tertiary/aromatic N) is 1. The number of carbonyl (C=O) groups is 2. The van der Waals surface area contributed by atoms with Crippen LogP contribution >= 0.6 is 0 Å². The number of hydrogen-bond donors (Lipinski definition) is 0. The van der Waals surface area contributed by atoms with Crippen LogP contribution in [0, 0.1) is 17.6 Å². The molecule has 6 heteroatoms. The molecule has 0 radical (unpaired) electrons. The number of likely N-dealkylation sites (tertiary alicyclic amines) is 1. The third kappa shape index (κ3) is 4.02. The Morgan fingerprint density at radius 2 is 1.68 bits per heavy atom. The minimum atomic E-state index is -0.851. The van der Waals surface area contributed by atoms with Gasteiger partial charge in [0.05, 0.1) is 5.56 Å². The second-order valence-electron chi connectivity index (χ2n) is 5.93. The van der Waals surface area contributed by atoms with Gasteiger partial charge in [-0.2, -0.15) is 0 Å². The van der Waals surface area contributed by atoms with Gasteiger partial charge in [-0.25, -0.2) is 13.6 Å². The van der Waals surface area contributed by atoms with Crippen molar-refractivity contribution in [2.45, 2.75) is 12.8 Å². The summed E-state index contributed by atoms with van der Waals surface area (Å²) in [6, 6.07) is 11.7. The van der Waals surface area contributed by atoms with E-state index < -0.39 is 17.7 Å². The van der Waals surface area contributed by atoms with Gasteiger partial charge in [0.2, 0.25) is 0 Å². The first-order valence-electron chi connectivity index (χ1n) is 8.05. The number of halogens is 2. The summed E-state index contributed by atoms with van der Waals surface area (Å²) < 4.78 is 32.0. The van der Waals surface area contributed by atoms with Gasteiger partial charge in [0.15, 0.2) is 5.78 Å². The third-order valence-corrected chi connectivity index (χ3v) is 4.27. The molecule has 1 aliphatic heterocycles. The van der Waals surface area contributed by atoms with E-state index in [1.807, 2.05) is 6.07 Å². The largest absolute Gasteiger partial charge is 0.415 e. The van der Waals surface area contributed by atoms with Crippen molar-refractivity contribution in [2.24, 2.45) is 5.92 Å². The molecule has 0 atom stereocenters. The smallest absolute Gasteiger partial charge is 0.410 e. The van der Waals surface area contributed by atoms with Crippen molar-refractivity contribution in [3.63, 3.8) is 0 Å². The van der Waals surface area contributed by atoms with Crippen molar-refractivity contribution in [1.29, 1.82) is 0 Å². The first-order chi connectivity index (χ1) is 12.0. The van der Waals surface area contributed by atoms with E-state index >= 15 is 0 Å². The van der Waals surface area contributed by atoms with E-state index in [0.29, 0.717) is 37.7 Å². The van der Waals surface area contributed by atoms with Crippen LogP contribution in [0.25, 0.3) is 0 Å². The fourth-order valence-electron chi connectivity index (χ4n) is 2.89. The van der Waals surface area contributed by atoms with Crippen LogP contribution in [0.15, 0.2) is 48.5 Å². The predicted molar refractivity (Wildman–Crippen MR) is 87.5 cm³/mol. The molecule has 3 rings (SSSR count). The molecule has 1 heterocycles. The number of benzene rings is 2. The number of amides is 1. The quantitative estimate of drug-likeness (QED) is 0.788. The molecule has 2 aromatic carbocycles. The normalized spacial score (nSPS) is 15.0. The van der Waals surface area contributed by atoms with Crippen LogP contribution in [-0.4, -0.2) is 29.9 Å². The standard InChI is InChI=1S/C19H17F2NO3/c20-14-6-7-16(17(21)12-14)18(23)13-8-10-22(11-9-13)19(24)25-15-4-2-1-3-5-15/h1-7,12-13H,8-11H2. The molecule has 0 bridgehead atoms. The Kier molecular flexibility index (Phi) is 5.07. The zero-order chi connectivity index (χ0) is 17.8. The average Bonchev–Trinajstić information content (AvgIpc) is 2.62. The van der Waals surface area contributed by atoms with Gasteiger partial charge in [0.1, 0.15) is 17.4 Å². The SMILES string of the molecule is O=C(c1ccc(F)cc1F)C1CCN(C(=O)Oc2ccccc2)CC1. The molecule has 1 saturated heterocycles. The second kappa shape index (κ2) is 7.42. The Labute approximate surface area is 144 Å². The van der Waals surface area contributed by atoms with Gasteiger partial charge >= 0.3 is 6.09 Å². The van der Waals surface area contributed by atoms with E-state index in [1.165, 1.54) is 11.0 Å². The van der Waals surface area contributed by atoms with Crippen LogP contribution in [0.1, 0.15) is 23.2 Å². The number of para-hydroxylation sites is 1. The van der Waals surface area contributed by atoms with Gasteiger partial charge in [-0.15, -0.1) is 0 Å². The number of carbonyl (C=O) groups excluding carboxylic acids is 2. The van der Waals surface area contributed by atoms with E-state index in [9.17, 15) is 18.4 Å². The van der Waals surface area contributed by atoms with E-state index in [2.05, 4.69) is 0 Å². The van der Waals surface area contributed by atoms with Crippen molar-refractivity contribution in [3.8, 4) is 5.75 Å². The van der Waals surface area contributed by atoms with E-state index in [4.69, 9.17) is 4.74 Å². The van der Waals surface area contributed by atoms with E-state index in [1.54, 1.807) is 24.3 Å². The molecule has 0 N–H and O–H groups in total. The van der Waals surface area contributed by atoms with Crippen LogP contribution in [0.5, 0.6) is 5.75 Å². The number of Topliss-reactive ketones (excluding diaryl/α,β-unsaturated/α-hetero) is 1. The molecular weight excluding hydrogens is 328 g/mol. The lowest BCUT2D eigenvalue weighted by atomic mass is 9.89. The Bertz CT molecular complexity index is 771. The van der Waals surface area contributed by atoms with Crippen molar-refractivity contribution in [1.82, 2.24) is 4.90 Å². The maximum absolute atomic E-state index is 13.8. The molecule has 1 fully saturated rings. The molecule has 0 aliphatic carbocycles. The summed E-state index contributed by atoms with van der Waals surface area (Å²) in [5.41, 5.74) is -0.105. The molecule has 0 saturated carbocycles. The highest BCUT2D eigenvalue weighted by Crippen LogP contribution is 2.24. The zero-order valence-corrected chi connectivity index (χ0v) is 13.5. The number of ether oxygens (including phenoxy) is 1. The fourth-order valence-corrected chi connectivity index (χ4v) is 2.89. The highest BCUT2D eigenvalue weighted by molar-refractivity contribution is 5.98. The minimum Gasteiger partial charge on any atom is -0.410 e. The topological polar surface area (TPSA) is 46.6 Å². The first kappa shape index (κ1) is 17.1. The number of ketones is 1. The van der Waals surface area contributed by atoms with Gasteiger partial charge in [0, 0.05) is 25.1 Å². The first-order valence-corrected chi connectivity index (χ1v) is 8.05. The Balaban J connectivity index is 1.58. The summed E-state index contributed by atoms with van der Waals surface area (Å²) in [5, 5.41) is 0. The highest BCUT2D eigenvalue weighted by Gasteiger charge is 2.30. The van der Waals surface area contributed by atoms with Gasteiger partial charge in [-0.05, 0) is 37.1 Å². The summed E-state index contributed by atoms with van der Waals surface area (Å²) in [7, 11) is 0. The zero-order valence-electron chi connectivity index (χ0n) is 13.5. The van der Waals surface area contributed by atoms with Crippen molar-refractivity contribution in [3.05, 3.63) is 65.7 Å². The lowest BCUT2D eigenvalue weighted by molar-refractivity contribution is 0.0825. The van der Waals surface area contributed by atoms with Gasteiger partial charge in [-0.3, -0.25) is 4.79 Å². The summed E-state index contributed by atoms with van der Waals surface area (Å²) >= 11 is 0. The molecule has 1 amide bonds. The molecular formula is C19H17F2NO3. The minimum absolute atomic E-state index is 0.105. The second-order valence-corrected chi connectivity index (χ2v) is 5.93. The molecule has 130 valence electrons. The lowest BCUT2D eigenvalue weighted by Crippen LogP contribution is -2.41. The maximum atomic E-state index is 13.8. The summed E-state index contributed by atoms with van der Waals surface area (Å²) in [5.74, 6) is -1.85. The third-order valence-electron chi connectivity index (χ3n) is 4.27. The Morgan fingerprint density at radius 1 is 1.00 bits per heavy atom. The van der Waals surface area contributed by atoms with Gasteiger partial charge < -0.3 is 9.64 Å². The van der Waals surface area contributed by atoms with E-state index in [0.717, 1.165) is 6.07 Å². The van der Waals surface area contributed by atoms with Crippen LogP contribution < -0.4 is 4.74 Å². The molecule has 0 spiro atoms. The summed E-state index contributed by atoms with van der Waals surface area (Å²) in [4.78, 5) is 26.1. The number of hydrogen-bond acceptors (Lipinski definition) is 3. The molecule has 0 aromatic heterocycles. The average molecular weight is 345 g/mol. The number of piperidine rings is 1. The van der Waals surface area contributed by atoms with E-state index in [-0.39, 0.29) is 17.3 Å². The monoisotopic (exact) mass is 345 g/mol. The molecule has 1 aliphatic rings. The molecule has 2 aromatic rings.